The van der Waals surface area contributed by atoms with Gasteiger partial charge in [-0.2, -0.15) is 5.10 Å². The zero-order valence-electron chi connectivity index (χ0n) is 17.6. The van der Waals surface area contributed by atoms with Crippen molar-refractivity contribution in [2.45, 2.75) is 77.4 Å². The summed E-state index contributed by atoms with van der Waals surface area (Å²) in [7, 11) is 1.94. The van der Waals surface area contributed by atoms with Gasteiger partial charge in [-0.1, -0.05) is 19.9 Å². The van der Waals surface area contributed by atoms with Gasteiger partial charge in [-0.05, 0) is 86.0 Å². The zero-order chi connectivity index (χ0) is 19.7. The normalized spacial score (nSPS) is 49.5. The van der Waals surface area contributed by atoms with Crippen LogP contribution in [0, 0.1) is 34.5 Å². The molecule has 8 atom stereocenters. The van der Waals surface area contributed by atoms with Crippen LogP contribution in [-0.4, -0.2) is 32.2 Å². The summed E-state index contributed by atoms with van der Waals surface area (Å²) >= 11 is 0. The smallest absolute Gasteiger partial charge is 0.0809 e. The average molecular weight is 385 g/mol. The van der Waals surface area contributed by atoms with Crippen molar-refractivity contribution in [2.24, 2.45) is 41.5 Å². The highest BCUT2D eigenvalue weighted by atomic mass is 16.3. The topological polar surface area (TPSA) is 58.3 Å². The van der Waals surface area contributed by atoms with Crippen LogP contribution in [0.5, 0.6) is 0 Å². The molecule has 1 aromatic heterocycles. The van der Waals surface area contributed by atoms with E-state index < -0.39 is 0 Å². The molecule has 4 saturated carbocycles. The van der Waals surface area contributed by atoms with Crippen LogP contribution in [0.15, 0.2) is 18.0 Å². The lowest BCUT2D eigenvalue weighted by molar-refractivity contribution is -0.133. The maximum atomic E-state index is 11.3. The van der Waals surface area contributed by atoms with Crippen LogP contribution in [0.4, 0.5) is 0 Å². The SMILES string of the molecule is Cn1cc(/C=C2\C[C@H]3[C@@H]4CC[C@H]5C[C@H](O)CC[C@]5(C)[C@H]4CC[C@]3(C)[C@H]2O)cn1. The molecule has 0 bridgehead atoms. The van der Waals surface area contributed by atoms with E-state index in [0.29, 0.717) is 17.3 Å². The van der Waals surface area contributed by atoms with E-state index in [4.69, 9.17) is 0 Å². The van der Waals surface area contributed by atoms with E-state index in [9.17, 15) is 10.2 Å². The molecule has 1 aromatic rings. The van der Waals surface area contributed by atoms with Gasteiger partial charge in [0.25, 0.3) is 0 Å². The van der Waals surface area contributed by atoms with Crippen molar-refractivity contribution in [3.8, 4) is 0 Å². The third-order valence-electron chi connectivity index (χ3n) is 9.58. The fraction of sp³-hybridized carbons (Fsp3) is 0.792. The minimum atomic E-state index is -0.322. The second kappa shape index (κ2) is 6.43. The van der Waals surface area contributed by atoms with E-state index in [0.717, 1.165) is 43.1 Å². The molecule has 0 aliphatic heterocycles. The summed E-state index contributed by atoms with van der Waals surface area (Å²) in [6.07, 6.45) is 14.9. The van der Waals surface area contributed by atoms with Crippen molar-refractivity contribution in [3.63, 3.8) is 0 Å². The predicted octanol–water partition coefficient (Wildman–Crippen LogP) is 4.18. The summed E-state index contributed by atoms with van der Waals surface area (Å²) in [5.74, 6) is 2.78. The second-order valence-corrected chi connectivity index (χ2v) is 10.9. The molecule has 4 nitrogen and oxygen atoms in total. The Morgan fingerprint density at radius 1 is 1.07 bits per heavy atom. The van der Waals surface area contributed by atoms with Gasteiger partial charge in [-0.25, -0.2) is 0 Å². The number of aromatic nitrogens is 2. The molecule has 4 aliphatic carbocycles. The Morgan fingerprint density at radius 2 is 1.86 bits per heavy atom. The van der Waals surface area contributed by atoms with E-state index in [1.807, 2.05) is 24.1 Å². The summed E-state index contributed by atoms with van der Waals surface area (Å²) in [5.41, 5.74) is 2.73. The maximum Gasteiger partial charge on any atom is 0.0809 e. The standard InChI is InChI=1S/C24H36N2O2/c1-23-8-6-18(27)12-17(23)4-5-19-20(23)7-9-24(2)21(19)11-16(22(24)28)10-15-13-25-26(3)14-15/h10,13-14,17-22,27-28H,4-9,11-12H2,1-3H3/b16-10+/t17-,18+,19+,20-,21-,22-,23-,24-/m0/s1. The van der Waals surface area contributed by atoms with Crippen molar-refractivity contribution in [1.29, 1.82) is 0 Å². The van der Waals surface area contributed by atoms with E-state index >= 15 is 0 Å². The minimum absolute atomic E-state index is 0.0204. The lowest BCUT2D eigenvalue weighted by Crippen LogP contribution is -2.54. The summed E-state index contributed by atoms with van der Waals surface area (Å²) in [4.78, 5) is 0. The Balaban J connectivity index is 1.44. The molecule has 0 saturated heterocycles. The zero-order valence-corrected chi connectivity index (χ0v) is 17.6. The van der Waals surface area contributed by atoms with E-state index in [-0.39, 0.29) is 17.6 Å². The first kappa shape index (κ1) is 18.9. The Labute approximate surface area is 169 Å². The molecule has 0 unspecified atom stereocenters. The molecule has 0 aromatic carbocycles. The van der Waals surface area contributed by atoms with Crippen LogP contribution in [0.25, 0.3) is 6.08 Å². The first-order chi connectivity index (χ1) is 13.3. The molecule has 0 spiro atoms. The average Bonchev–Trinajstić information content (AvgIpc) is 3.18. The van der Waals surface area contributed by atoms with Crippen LogP contribution in [-0.2, 0) is 7.05 Å². The molecular formula is C24H36N2O2. The predicted molar refractivity (Wildman–Crippen MR) is 110 cm³/mol. The van der Waals surface area contributed by atoms with Gasteiger partial charge in [0.1, 0.15) is 0 Å². The van der Waals surface area contributed by atoms with E-state index in [1.54, 1.807) is 0 Å². The summed E-state index contributed by atoms with van der Waals surface area (Å²) in [5, 5.41) is 25.8. The molecule has 0 amide bonds. The summed E-state index contributed by atoms with van der Waals surface area (Å²) in [6, 6.07) is 0. The first-order valence-electron chi connectivity index (χ1n) is 11.4. The Kier molecular flexibility index (Phi) is 4.34. The highest BCUT2D eigenvalue weighted by molar-refractivity contribution is 5.54. The fourth-order valence-electron chi connectivity index (χ4n) is 7.96. The number of rotatable bonds is 1. The molecule has 1 heterocycles. The number of hydrogen-bond donors (Lipinski definition) is 2. The van der Waals surface area contributed by atoms with Crippen LogP contribution in [0.1, 0.15) is 70.8 Å². The summed E-state index contributed by atoms with van der Waals surface area (Å²) < 4.78 is 1.83. The number of hydrogen-bond acceptors (Lipinski definition) is 3. The van der Waals surface area contributed by atoms with Crippen molar-refractivity contribution in [2.75, 3.05) is 0 Å². The second-order valence-electron chi connectivity index (χ2n) is 10.9. The lowest BCUT2D eigenvalue weighted by atomic mass is 9.45. The Morgan fingerprint density at radius 3 is 2.61 bits per heavy atom. The number of aliphatic hydroxyl groups is 2. The molecular weight excluding hydrogens is 348 g/mol. The molecule has 4 heteroatoms. The molecule has 4 fully saturated rings. The van der Waals surface area contributed by atoms with Crippen molar-refractivity contribution < 1.29 is 10.2 Å². The Bertz CT molecular complexity index is 785. The van der Waals surface area contributed by atoms with Crippen molar-refractivity contribution in [1.82, 2.24) is 9.78 Å². The van der Waals surface area contributed by atoms with E-state index in [1.165, 1.54) is 31.3 Å². The van der Waals surface area contributed by atoms with Gasteiger partial charge >= 0.3 is 0 Å². The van der Waals surface area contributed by atoms with Gasteiger partial charge < -0.3 is 10.2 Å². The third kappa shape index (κ3) is 2.67. The number of aryl methyl sites for hydroxylation is 1. The van der Waals surface area contributed by atoms with Gasteiger partial charge in [0.15, 0.2) is 0 Å². The molecule has 154 valence electrons. The number of aliphatic hydroxyl groups excluding tert-OH is 2. The molecule has 5 rings (SSSR count). The van der Waals surface area contributed by atoms with Crippen LogP contribution >= 0.6 is 0 Å². The quantitative estimate of drug-likeness (QED) is 0.764. The van der Waals surface area contributed by atoms with Crippen molar-refractivity contribution in [3.05, 3.63) is 23.5 Å². The molecule has 28 heavy (non-hydrogen) atoms. The van der Waals surface area contributed by atoms with Gasteiger partial charge in [-0.15, -0.1) is 0 Å². The number of nitrogens with zero attached hydrogens (tertiary/aromatic N) is 2. The highest BCUT2D eigenvalue weighted by Crippen LogP contribution is 2.67. The molecule has 4 aliphatic rings. The summed E-state index contributed by atoms with van der Waals surface area (Å²) in [6.45, 7) is 4.88. The van der Waals surface area contributed by atoms with Gasteiger partial charge in [-0.3, -0.25) is 4.68 Å². The monoisotopic (exact) mass is 384 g/mol. The third-order valence-corrected chi connectivity index (χ3v) is 9.58. The van der Waals surface area contributed by atoms with Gasteiger partial charge in [0.2, 0.25) is 0 Å². The van der Waals surface area contributed by atoms with E-state index in [2.05, 4.69) is 25.0 Å². The highest BCUT2D eigenvalue weighted by Gasteiger charge is 2.61. The van der Waals surface area contributed by atoms with Crippen molar-refractivity contribution >= 4 is 6.08 Å². The first-order valence-corrected chi connectivity index (χ1v) is 11.4. The van der Waals surface area contributed by atoms with Crippen LogP contribution < -0.4 is 0 Å². The molecule has 2 N–H and O–H groups in total. The van der Waals surface area contributed by atoms with Gasteiger partial charge in [0.05, 0.1) is 18.4 Å². The molecule has 0 radical (unpaired) electrons. The largest absolute Gasteiger partial charge is 0.393 e. The van der Waals surface area contributed by atoms with Gasteiger partial charge in [0, 0.05) is 24.2 Å². The minimum Gasteiger partial charge on any atom is -0.393 e. The van der Waals surface area contributed by atoms with Crippen LogP contribution in [0.2, 0.25) is 0 Å². The Hall–Kier alpha value is -1.13. The van der Waals surface area contributed by atoms with Crippen LogP contribution in [0.3, 0.4) is 0 Å². The maximum absolute atomic E-state index is 11.3. The lowest BCUT2D eigenvalue weighted by Gasteiger charge is -2.60. The fourth-order valence-corrected chi connectivity index (χ4v) is 7.96. The number of fused-ring (bicyclic) bond motifs is 5.